The maximum absolute atomic E-state index is 11.2. The first-order valence-electron chi connectivity index (χ1n) is 9.74. The van der Waals surface area contributed by atoms with Gasteiger partial charge in [-0.05, 0) is 55.8 Å². The van der Waals surface area contributed by atoms with E-state index in [0.717, 1.165) is 43.8 Å². The third-order valence-electron chi connectivity index (χ3n) is 5.70. The molecule has 2 aliphatic rings. The van der Waals surface area contributed by atoms with Crippen LogP contribution >= 0.6 is 11.6 Å². The molecule has 6 nitrogen and oxygen atoms in total. The number of carbonyl (C=O) groups is 1. The van der Waals surface area contributed by atoms with E-state index in [1.165, 1.54) is 13.0 Å². The van der Waals surface area contributed by atoms with Crippen molar-refractivity contribution in [2.24, 2.45) is 11.8 Å². The molecule has 0 aromatic heterocycles. The van der Waals surface area contributed by atoms with E-state index in [2.05, 4.69) is 18.7 Å². The van der Waals surface area contributed by atoms with Crippen molar-refractivity contribution in [3.05, 3.63) is 16.7 Å². The molecule has 7 heteroatoms. The highest BCUT2D eigenvalue weighted by Gasteiger charge is 2.32. The van der Waals surface area contributed by atoms with Crippen LogP contribution in [0.2, 0.25) is 5.02 Å². The number of hydrogen-bond donors (Lipinski definition) is 2. The molecule has 0 radical (unpaired) electrons. The van der Waals surface area contributed by atoms with Crippen LogP contribution in [0.4, 0.5) is 5.69 Å². The number of halogens is 1. The van der Waals surface area contributed by atoms with Crippen LogP contribution < -0.4 is 15.2 Å². The standard InChI is InChI=1S/C20H29ClN2O4/c1-3-12(2)10-23-6-4-13(5-7-23)8-14-9-15(21)17(22)19-18(14)26-11-16(27-19)20(24)25/h9,12-13,16H,3-8,10-11,22H2,1-2H3,(H,24,25). The molecule has 2 heterocycles. The zero-order valence-electron chi connectivity index (χ0n) is 16.0. The number of fused-ring (bicyclic) bond motifs is 1. The summed E-state index contributed by atoms with van der Waals surface area (Å²) < 4.78 is 11.3. The molecule has 1 aromatic carbocycles. The molecule has 3 N–H and O–H groups in total. The Morgan fingerprint density at radius 2 is 2.11 bits per heavy atom. The number of ether oxygens (including phenoxy) is 2. The van der Waals surface area contributed by atoms with E-state index < -0.39 is 12.1 Å². The second kappa shape index (κ2) is 8.57. The lowest BCUT2D eigenvalue weighted by Crippen LogP contribution is -2.38. The number of hydrogen-bond acceptors (Lipinski definition) is 5. The van der Waals surface area contributed by atoms with E-state index in [0.29, 0.717) is 16.7 Å². The van der Waals surface area contributed by atoms with Crippen molar-refractivity contribution in [2.75, 3.05) is 32.0 Å². The van der Waals surface area contributed by atoms with E-state index in [1.807, 2.05) is 6.07 Å². The molecule has 1 fully saturated rings. The molecular weight excluding hydrogens is 368 g/mol. The lowest BCUT2D eigenvalue weighted by Gasteiger charge is -2.34. The Hall–Kier alpha value is -1.66. The first-order valence-corrected chi connectivity index (χ1v) is 10.1. The predicted octanol–water partition coefficient (Wildman–Crippen LogP) is 3.45. The van der Waals surface area contributed by atoms with Crippen LogP contribution in [-0.4, -0.2) is 48.3 Å². The van der Waals surface area contributed by atoms with E-state index >= 15 is 0 Å². The Morgan fingerprint density at radius 1 is 1.41 bits per heavy atom. The summed E-state index contributed by atoms with van der Waals surface area (Å²) in [5.41, 5.74) is 7.20. The van der Waals surface area contributed by atoms with E-state index in [9.17, 15) is 9.90 Å². The maximum atomic E-state index is 11.2. The first kappa shape index (κ1) is 20.1. The Kier molecular flexibility index (Phi) is 6.37. The number of carboxylic acid groups (broad SMARTS) is 1. The number of nitrogens with zero attached hydrogens (tertiary/aromatic N) is 1. The number of nitrogen functional groups attached to an aromatic ring is 1. The van der Waals surface area contributed by atoms with Crippen LogP contribution in [0.15, 0.2) is 6.07 Å². The fourth-order valence-electron chi connectivity index (χ4n) is 3.81. The summed E-state index contributed by atoms with van der Waals surface area (Å²) in [5.74, 6) is 1.03. The SMILES string of the molecule is CCC(C)CN1CCC(Cc2cc(Cl)c(N)c3c2OCC(C(=O)O)O3)CC1. The number of piperidine rings is 1. The van der Waals surface area contributed by atoms with E-state index in [4.69, 9.17) is 26.8 Å². The molecule has 2 atom stereocenters. The molecule has 2 aliphatic heterocycles. The second-order valence-corrected chi connectivity index (χ2v) is 8.21. The summed E-state index contributed by atoms with van der Waals surface area (Å²) >= 11 is 6.28. The minimum atomic E-state index is -1.07. The molecule has 1 saturated heterocycles. The van der Waals surface area contributed by atoms with Gasteiger partial charge in [-0.25, -0.2) is 4.79 Å². The van der Waals surface area contributed by atoms with Gasteiger partial charge in [-0.15, -0.1) is 0 Å². The molecule has 27 heavy (non-hydrogen) atoms. The summed E-state index contributed by atoms with van der Waals surface area (Å²) in [7, 11) is 0. The molecule has 0 saturated carbocycles. The van der Waals surface area contributed by atoms with Crippen LogP contribution in [0.25, 0.3) is 0 Å². The van der Waals surface area contributed by atoms with Gasteiger partial charge in [0.2, 0.25) is 6.10 Å². The number of aliphatic carboxylic acids is 1. The lowest BCUT2D eigenvalue weighted by molar-refractivity contribution is -0.147. The summed E-state index contributed by atoms with van der Waals surface area (Å²) in [6.45, 7) is 7.90. The van der Waals surface area contributed by atoms with Gasteiger partial charge in [0.05, 0.1) is 10.7 Å². The summed E-state index contributed by atoms with van der Waals surface area (Å²) in [5, 5.41) is 9.56. The molecule has 0 bridgehead atoms. The Bertz CT molecular complexity index is 689. The van der Waals surface area contributed by atoms with Crippen molar-refractivity contribution in [1.82, 2.24) is 4.90 Å². The maximum Gasteiger partial charge on any atom is 0.348 e. The quantitative estimate of drug-likeness (QED) is 0.716. The highest BCUT2D eigenvalue weighted by Crippen LogP contribution is 2.45. The number of rotatable bonds is 6. The normalized spacial score (nSPS) is 21.8. The van der Waals surface area contributed by atoms with Crippen LogP contribution in [-0.2, 0) is 11.2 Å². The molecule has 3 rings (SSSR count). The molecule has 0 spiro atoms. The van der Waals surface area contributed by atoms with E-state index in [-0.39, 0.29) is 18.0 Å². The van der Waals surface area contributed by atoms with Crippen LogP contribution in [0.3, 0.4) is 0 Å². The lowest BCUT2D eigenvalue weighted by atomic mass is 9.89. The number of benzene rings is 1. The zero-order chi connectivity index (χ0) is 19.6. The smallest absolute Gasteiger partial charge is 0.348 e. The highest BCUT2D eigenvalue weighted by molar-refractivity contribution is 6.33. The van der Waals surface area contributed by atoms with Crippen molar-refractivity contribution < 1.29 is 19.4 Å². The minimum absolute atomic E-state index is 0.0241. The average molecular weight is 397 g/mol. The van der Waals surface area contributed by atoms with Gasteiger partial charge in [-0.3, -0.25) is 0 Å². The largest absolute Gasteiger partial charge is 0.485 e. The third-order valence-corrected chi connectivity index (χ3v) is 6.01. The number of likely N-dealkylation sites (tertiary alicyclic amines) is 1. The molecule has 2 unspecified atom stereocenters. The number of nitrogens with two attached hydrogens (primary N) is 1. The van der Waals surface area contributed by atoms with E-state index in [1.54, 1.807) is 0 Å². The Balaban J connectivity index is 1.69. The van der Waals surface area contributed by atoms with Crippen LogP contribution in [0.1, 0.15) is 38.7 Å². The number of anilines is 1. The van der Waals surface area contributed by atoms with Crippen molar-refractivity contribution in [3.63, 3.8) is 0 Å². The Labute approximate surface area is 165 Å². The fraction of sp³-hybridized carbons (Fsp3) is 0.650. The molecule has 0 amide bonds. The van der Waals surface area contributed by atoms with Gasteiger partial charge in [0, 0.05) is 6.54 Å². The van der Waals surface area contributed by atoms with Gasteiger partial charge >= 0.3 is 5.97 Å². The Morgan fingerprint density at radius 3 is 2.74 bits per heavy atom. The van der Waals surface area contributed by atoms with Gasteiger partial charge in [-0.2, -0.15) is 0 Å². The molecule has 0 aliphatic carbocycles. The van der Waals surface area contributed by atoms with Crippen molar-refractivity contribution >= 4 is 23.3 Å². The van der Waals surface area contributed by atoms with Gasteiger partial charge < -0.3 is 25.2 Å². The summed E-state index contributed by atoms with van der Waals surface area (Å²) in [4.78, 5) is 13.8. The van der Waals surface area contributed by atoms with Crippen LogP contribution in [0, 0.1) is 11.8 Å². The van der Waals surface area contributed by atoms with Gasteiger partial charge in [0.1, 0.15) is 6.61 Å². The molecule has 1 aromatic rings. The number of carboxylic acids is 1. The van der Waals surface area contributed by atoms with Gasteiger partial charge in [0.25, 0.3) is 0 Å². The van der Waals surface area contributed by atoms with Gasteiger partial charge in [-0.1, -0.05) is 31.9 Å². The third kappa shape index (κ3) is 4.61. The molecular formula is C20H29ClN2O4. The highest BCUT2D eigenvalue weighted by atomic mass is 35.5. The monoisotopic (exact) mass is 396 g/mol. The van der Waals surface area contributed by atoms with Crippen molar-refractivity contribution in [1.29, 1.82) is 0 Å². The second-order valence-electron chi connectivity index (χ2n) is 7.81. The summed E-state index contributed by atoms with van der Waals surface area (Å²) in [6.07, 6.45) is 3.25. The predicted molar refractivity (Wildman–Crippen MR) is 106 cm³/mol. The minimum Gasteiger partial charge on any atom is -0.485 e. The average Bonchev–Trinajstić information content (AvgIpc) is 2.66. The van der Waals surface area contributed by atoms with Crippen molar-refractivity contribution in [3.8, 4) is 11.5 Å². The topological polar surface area (TPSA) is 85.0 Å². The van der Waals surface area contributed by atoms with Gasteiger partial charge in [0.15, 0.2) is 11.5 Å². The fourth-order valence-corrected chi connectivity index (χ4v) is 4.03. The van der Waals surface area contributed by atoms with Crippen LogP contribution in [0.5, 0.6) is 11.5 Å². The molecule has 150 valence electrons. The summed E-state index contributed by atoms with van der Waals surface area (Å²) in [6, 6.07) is 1.84. The van der Waals surface area contributed by atoms with Crippen molar-refractivity contribution in [2.45, 2.75) is 45.6 Å². The zero-order valence-corrected chi connectivity index (χ0v) is 16.8. The first-order chi connectivity index (χ1) is 12.9.